The summed E-state index contributed by atoms with van der Waals surface area (Å²) >= 11 is 1.71. The number of aromatic nitrogens is 2. The predicted octanol–water partition coefficient (Wildman–Crippen LogP) is 3.83. The first-order valence-corrected chi connectivity index (χ1v) is 8.04. The summed E-state index contributed by atoms with van der Waals surface area (Å²) in [7, 11) is 0. The average Bonchev–Trinajstić information content (AvgIpc) is 3.02. The Labute approximate surface area is 128 Å². The lowest BCUT2D eigenvalue weighted by molar-refractivity contribution is 0.320. The fraction of sp³-hybridized carbons (Fsp3) is 0.312. The summed E-state index contributed by atoms with van der Waals surface area (Å²) in [4.78, 5) is 4.50. The summed E-state index contributed by atoms with van der Waals surface area (Å²) in [5.41, 5.74) is 10.6. The number of imidazole rings is 1. The number of fused-ring (bicyclic) bond motifs is 1. The van der Waals surface area contributed by atoms with Crippen LogP contribution in [0.25, 0.3) is 11.0 Å². The molecular formula is C16H19N3OS. The molecule has 2 aromatic heterocycles. The van der Waals surface area contributed by atoms with Crippen molar-refractivity contribution in [1.82, 2.24) is 9.55 Å². The van der Waals surface area contributed by atoms with Crippen LogP contribution in [0.5, 0.6) is 5.75 Å². The molecule has 0 aliphatic heterocycles. The Balaban J connectivity index is 2.03. The monoisotopic (exact) mass is 301 g/mol. The highest BCUT2D eigenvalue weighted by Crippen LogP contribution is 2.28. The third kappa shape index (κ3) is 2.61. The molecule has 0 spiro atoms. The minimum absolute atomic E-state index is 0.531. The van der Waals surface area contributed by atoms with Gasteiger partial charge in [-0.2, -0.15) is 11.3 Å². The van der Waals surface area contributed by atoms with Crippen molar-refractivity contribution in [2.75, 3.05) is 12.3 Å². The molecule has 0 atom stereocenters. The van der Waals surface area contributed by atoms with Gasteiger partial charge in [-0.3, -0.25) is 0 Å². The second-order valence-electron chi connectivity index (χ2n) is 5.11. The summed E-state index contributed by atoms with van der Waals surface area (Å²) in [6, 6.07) is 5.98. The van der Waals surface area contributed by atoms with Crippen molar-refractivity contribution in [2.45, 2.75) is 26.8 Å². The van der Waals surface area contributed by atoms with Gasteiger partial charge >= 0.3 is 0 Å². The molecule has 0 aliphatic carbocycles. The first kappa shape index (κ1) is 13.9. The van der Waals surface area contributed by atoms with Gasteiger partial charge in [-0.25, -0.2) is 4.98 Å². The van der Waals surface area contributed by atoms with Gasteiger partial charge in [0.15, 0.2) is 0 Å². The van der Waals surface area contributed by atoms with E-state index < -0.39 is 0 Å². The molecule has 21 heavy (non-hydrogen) atoms. The van der Waals surface area contributed by atoms with Crippen molar-refractivity contribution < 1.29 is 4.74 Å². The molecule has 5 heteroatoms. The molecule has 0 saturated carbocycles. The topological polar surface area (TPSA) is 53.1 Å². The molecule has 2 N–H and O–H groups in total. The fourth-order valence-corrected chi connectivity index (χ4v) is 3.20. The molecule has 0 fully saturated rings. The van der Waals surface area contributed by atoms with Crippen LogP contribution in [0.3, 0.4) is 0 Å². The van der Waals surface area contributed by atoms with Crippen LogP contribution in [0.1, 0.15) is 24.5 Å². The van der Waals surface area contributed by atoms with E-state index in [1.54, 1.807) is 11.3 Å². The first-order chi connectivity index (χ1) is 10.2. The number of thiophene rings is 1. The summed E-state index contributed by atoms with van der Waals surface area (Å²) in [5, 5.41) is 4.32. The highest BCUT2D eigenvalue weighted by atomic mass is 32.1. The second kappa shape index (κ2) is 5.77. The Morgan fingerprint density at radius 1 is 1.33 bits per heavy atom. The van der Waals surface area contributed by atoms with E-state index in [-0.39, 0.29) is 0 Å². The average molecular weight is 301 g/mol. The number of rotatable bonds is 5. The first-order valence-electron chi connectivity index (χ1n) is 7.10. The molecule has 1 aromatic carbocycles. The second-order valence-corrected chi connectivity index (χ2v) is 5.85. The lowest BCUT2D eigenvalue weighted by Gasteiger charge is -2.07. The van der Waals surface area contributed by atoms with Crippen molar-refractivity contribution in [3.05, 3.63) is 40.1 Å². The molecule has 4 nitrogen and oxygen atoms in total. The molecule has 0 unspecified atom stereocenters. The molecule has 3 rings (SSSR count). The maximum atomic E-state index is 6.12. The lowest BCUT2D eigenvalue weighted by atomic mass is 10.2. The molecule has 0 bridgehead atoms. The van der Waals surface area contributed by atoms with Crippen LogP contribution in [-0.4, -0.2) is 16.2 Å². The zero-order chi connectivity index (χ0) is 14.8. The van der Waals surface area contributed by atoms with Crippen LogP contribution >= 0.6 is 11.3 Å². The Morgan fingerprint density at radius 2 is 2.19 bits per heavy atom. The van der Waals surface area contributed by atoms with Crippen molar-refractivity contribution in [1.29, 1.82) is 0 Å². The molecule has 110 valence electrons. The molecule has 0 radical (unpaired) electrons. The van der Waals surface area contributed by atoms with E-state index in [1.807, 2.05) is 22.8 Å². The van der Waals surface area contributed by atoms with Crippen LogP contribution < -0.4 is 10.5 Å². The molecular weight excluding hydrogens is 282 g/mol. The van der Waals surface area contributed by atoms with Gasteiger partial charge < -0.3 is 15.0 Å². The van der Waals surface area contributed by atoms with Crippen molar-refractivity contribution in [3.8, 4) is 5.75 Å². The Kier molecular flexibility index (Phi) is 3.84. The van der Waals surface area contributed by atoms with E-state index >= 15 is 0 Å². The van der Waals surface area contributed by atoms with E-state index in [4.69, 9.17) is 10.5 Å². The number of aryl methyl sites for hydroxylation is 1. The number of hydrogen-bond acceptors (Lipinski definition) is 4. The van der Waals surface area contributed by atoms with Gasteiger partial charge in [0.25, 0.3) is 0 Å². The van der Waals surface area contributed by atoms with Gasteiger partial charge in [-0.15, -0.1) is 0 Å². The van der Waals surface area contributed by atoms with E-state index in [0.717, 1.165) is 29.7 Å². The zero-order valence-electron chi connectivity index (χ0n) is 12.3. The third-order valence-electron chi connectivity index (χ3n) is 3.52. The normalized spacial score (nSPS) is 11.1. The largest absolute Gasteiger partial charge is 0.491 e. The number of para-hydroxylation sites is 1. The van der Waals surface area contributed by atoms with E-state index in [0.29, 0.717) is 12.6 Å². The number of nitrogens with two attached hydrogens (primary N) is 1. The molecule has 0 aliphatic rings. The quantitative estimate of drug-likeness (QED) is 0.779. The maximum absolute atomic E-state index is 6.12. The number of ether oxygens (including phenoxy) is 1. The SMILES string of the molecule is CCCOc1cccc2c1nc(N)n2Cc1cscc1C. The Morgan fingerprint density at radius 3 is 2.90 bits per heavy atom. The zero-order valence-corrected chi connectivity index (χ0v) is 13.1. The summed E-state index contributed by atoms with van der Waals surface area (Å²) in [6.45, 7) is 5.65. The molecule has 0 saturated heterocycles. The van der Waals surface area contributed by atoms with Gasteiger partial charge in [-0.05, 0) is 47.4 Å². The number of anilines is 1. The van der Waals surface area contributed by atoms with Gasteiger partial charge in [0.1, 0.15) is 11.3 Å². The van der Waals surface area contributed by atoms with Crippen LogP contribution in [0, 0.1) is 6.92 Å². The maximum Gasteiger partial charge on any atom is 0.201 e. The van der Waals surface area contributed by atoms with Gasteiger partial charge in [0.05, 0.1) is 18.7 Å². The van der Waals surface area contributed by atoms with Crippen molar-refractivity contribution in [2.24, 2.45) is 0 Å². The highest BCUT2D eigenvalue weighted by molar-refractivity contribution is 7.08. The lowest BCUT2D eigenvalue weighted by Crippen LogP contribution is -2.04. The number of hydrogen-bond donors (Lipinski definition) is 1. The Hall–Kier alpha value is -2.01. The van der Waals surface area contributed by atoms with E-state index in [2.05, 4.69) is 29.6 Å². The summed E-state index contributed by atoms with van der Waals surface area (Å²) < 4.78 is 7.81. The van der Waals surface area contributed by atoms with Crippen molar-refractivity contribution in [3.63, 3.8) is 0 Å². The third-order valence-corrected chi connectivity index (χ3v) is 4.43. The number of nitrogens with zero attached hydrogens (tertiary/aromatic N) is 2. The smallest absolute Gasteiger partial charge is 0.201 e. The highest BCUT2D eigenvalue weighted by Gasteiger charge is 2.13. The fourth-order valence-electron chi connectivity index (χ4n) is 2.35. The standard InChI is InChI=1S/C16H19N3OS/c1-3-7-20-14-6-4-5-13-15(14)18-16(17)19(13)8-12-10-21-9-11(12)2/h4-6,9-10H,3,7-8H2,1-2H3,(H2,17,18). The predicted molar refractivity (Wildman–Crippen MR) is 88.1 cm³/mol. The van der Waals surface area contributed by atoms with Crippen LogP contribution in [0.15, 0.2) is 29.0 Å². The van der Waals surface area contributed by atoms with E-state index in [9.17, 15) is 0 Å². The van der Waals surface area contributed by atoms with Crippen LogP contribution in [0.2, 0.25) is 0 Å². The molecule has 3 aromatic rings. The minimum Gasteiger partial charge on any atom is -0.491 e. The van der Waals surface area contributed by atoms with Crippen molar-refractivity contribution >= 4 is 28.3 Å². The molecule has 2 heterocycles. The van der Waals surface area contributed by atoms with Gasteiger partial charge in [0, 0.05) is 0 Å². The minimum atomic E-state index is 0.531. The van der Waals surface area contributed by atoms with Crippen LogP contribution in [-0.2, 0) is 6.54 Å². The van der Waals surface area contributed by atoms with Gasteiger partial charge in [-0.1, -0.05) is 13.0 Å². The molecule has 0 amide bonds. The van der Waals surface area contributed by atoms with Gasteiger partial charge in [0.2, 0.25) is 5.95 Å². The van der Waals surface area contributed by atoms with E-state index in [1.165, 1.54) is 11.1 Å². The summed E-state index contributed by atoms with van der Waals surface area (Å²) in [5.74, 6) is 1.34. The summed E-state index contributed by atoms with van der Waals surface area (Å²) in [6.07, 6.45) is 0.973. The Bertz CT molecular complexity index is 760. The van der Waals surface area contributed by atoms with Crippen LogP contribution in [0.4, 0.5) is 5.95 Å². The number of nitrogen functional groups attached to an aromatic ring is 1. The number of benzene rings is 1.